The zero-order valence-corrected chi connectivity index (χ0v) is 44.1. The second-order valence-electron chi connectivity index (χ2n) is 21.3. The molecule has 0 unspecified atom stereocenters. The van der Waals surface area contributed by atoms with Crippen molar-refractivity contribution in [2.45, 2.75) is 111 Å². The summed E-state index contributed by atoms with van der Waals surface area (Å²) in [4.78, 5) is 33.2. The molecule has 17 heteroatoms. The van der Waals surface area contributed by atoms with Gasteiger partial charge >= 0.3 is 7.12 Å². The summed E-state index contributed by atoms with van der Waals surface area (Å²) in [5.74, 6) is 4.53. The summed E-state index contributed by atoms with van der Waals surface area (Å²) in [6, 6.07) is 17.1. The molecule has 4 aromatic heterocycles. The van der Waals surface area contributed by atoms with Gasteiger partial charge in [-0.1, -0.05) is 57.9 Å². The Morgan fingerprint density at radius 1 is 0.577 bits per heavy atom. The highest BCUT2D eigenvalue weighted by molar-refractivity contribution is 9.10. The monoisotopic (exact) mass is 1020 g/mol. The lowest BCUT2D eigenvalue weighted by molar-refractivity contribution is 0.00578. The van der Waals surface area contributed by atoms with Crippen LogP contribution in [0, 0.1) is 31.6 Å². The standard InChI is InChI=1S/C20H22N6.C13H22BNO2.C13H12BrN5.C8H13N/c1-13-23-19(21)18-20(24-13)26(12-22-18)10-14-2-4-15(5-3-14)17-11-25-8-6-16(17)7-9-25;1-12(2)13(3,4)17-14(16-12)11-9-15-7-5-10(11)6-8-15;1-8-17-12(15)11-13(18-8)19(7-16-11)6-9-2-4-10(14)5-3-9;1-7-6-9-4-2-8(7)3-5-9/h2-5,11-12,16H,6-10H2,1H3,(H2,21,23,24);9-10H,5-8H2,1-4H3;2-5,7H,6H2,1H3,(H2,15,17,18);6,8H,2-5H2,1H3. The Morgan fingerprint density at radius 2 is 1.01 bits per heavy atom. The van der Waals surface area contributed by atoms with Gasteiger partial charge in [0.25, 0.3) is 0 Å². The first-order valence-corrected chi connectivity index (χ1v) is 26.3. The molecule has 0 atom stereocenters. The van der Waals surface area contributed by atoms with Crippen molar-refractivity contribution >= 4 is 62.6 Å². The van der Waals surface area contributed by atoms with Crippen LogP contribution in [-0.2, 0) is 22.4 Å². The molecule has 16 rings (SSSR count). The number of fused-ring (bicyclic) bond motifs is 8. The Kier molecular flexibility index (Phi) is 13.8. The van der Waals surface area contributed by atoms with Gasteiger partial charge in [0.1, 0.15) is 22.7 Å². The molecule has 6 aromatic rings. The molecule has 4 fully saturated rings. The first-order chi connectivity index (χ1) is 34.1. The van der Waals surface area contributed by atoms with E-state index in [1.54, 1.807) is 18.2 Å². The van der Waals surface area contributed by atoms with Gasteiger partial charge in [-0.05, 0) is 157 Å². The van der Waals surface area contributed by atoms with E-state index in [9.17, 15) is 0 Å². The van der Waals surface area contributed by atoms with Crippen molar-refractivity contribution < 1.29 is 9.31 Å². The van der Waals surface area contributed by atoms with Crippen LogP contribution in [0.1, 0.15) is 101 Å². The number of nitrogens with zero attached hydrogens (tertiary/aromatic N) is 11. The van der Waals surface area contributed by atoms with Crippen molar-refractivity contribution in [3.8, 4) is 0 Å². The zero-order valence-electron chi connectivity index (χ0n) is 42.5. The number of allylic oxidation sites excluding steroid dienone is 3. The minimum absolute atomic E-state index is 0.131. The van der Waals surface area contributed by atoms with E-state index >= 15 is 0 Å². The Bertz CT molecular complexity index is 2940. The lowest BCUT2D eigenvalue weighted by Crippen LogP contribution is -2.41. The lowest BCUT2D eigenvalue weighted by atomic mass is 9.66. The third kappa shape index (κ3) is 10.6. The molecule has 10 aliphatic heterocycles. The Balaban J connectivity index is 0.000000115. The van der Waals surface area contributed by atoms with Gasteiger partial charge in [0.15, 0.2) is 22.9 Å². The molecule has 4 saturated heterocycles. The number of hydrogen-bond acceptors (Lipinski definition) is 13. The van der Waals surface area contributed by atoms with Crippen LogP contribution < -0.4 is 11.5 Å². The number of aryl methyl sites for hydroxylation is 2. The van der Waals surface area contributed by atoms with Gasteiger partial charge in [-0.15, -0.1) is 0 Å². The maximum absolute atomic E-state index is 6.14. The van der Waals surface area contributed by atoms with Crippen molar-refractivity contribution in [3.63, 3.8) is 0 Å². The summed E-state index contributed by atoms with van der Waals surface area (Å²) >= 11 is 3.43. The third-order valence-corrected chi connectivity index (χ3v) is 16.3. The fourth-order valence-electron chi connectivity index (χ4n) is 10.9. The molecule has 14 heterocycles. The Labute approximate surface area is 427 Å². The normalized spacial score (nSPS) is 20.0. The van der Waals surface area contributed by atoms with Gasteiger partial charge in [-0.3, -0.25) is 0 Å². The van der Waals surface area contributed by atoms with Crippen molar-refractivity contribution in [3.05, 3.63) is 124 Å². The number of anilines is 2. The zero-order chi connectivity index (χ0) is 49.6. The van der Waals surface area contributed by atoms with Crippen LogP contribution in [0.25, 0.3) is 27.9 Å². The average molecular weight is 1020 g/mol. The summed E-state index contributed by atoms with van der Waals surface area (Å²) < 4.78 is 17.3. The van der Waals surface area contributed by atoms with Crippen LogP contribution in [-0.4, -0.2) is 111 Å². The molecule has 71 heavy (non-hydrogen) atoms. The lowest BCUT2D eigenvalue weighted by Gasteiger charge is -2.39. The Morgan fingerprint density at radius 3 is 1.41 bits per heavy atom. The largest absolute Gasteiger partial charge is 0.492 e. The van der Waals surface area contributed by atoms with E-state index in [4.69, 9.17) is 20.8 Å². The number of aromatic nitrogens is 8. The molecule has 6 bridgehead atoms. The van der Waals surface area contributed by atoms with Crippen LogP contribution in [0.5, 0.6) is 0 Å². The first-order valence-electron chi connectivity index (χ1n) is 25.5. The van der Waals surface area contributed by atoms with Gasteiger partial charge in [-0.25, -0.2) is 29.9 Å². The van der Waals surface area contributed by atoms with Crippen molar-refractivity contribution in [2.24, 2.45) is 17.8 Å². The van der Waals surface area contributed by atoms with E-state index in [1.807, 2.05) is 35.1 Å². The predicted molar refractivity (Wildman–Crippen MR) is 287 cm³/mol. The van der Waals surface area contributed by atoms with Gasteiger partial charge in [0.05, 0.1) is 36.9 Å². The highest BCUT2D eigenvalue weighted by atomic mass is 79.9. The van der Waals surface area contributed by atoms with E-state index in [0.717, 1.165) is 34.1 Å². The van der Waals surface area contributed by atoms with Crippen molar-refractivity contribution in [1.29, 1.82) is 0 Å². The number of nitrogens with two attached hydrogens (primary N) is 2. The SMILES string of the molecule is CC1(C)OB(C2=CN3CCC2CC3)OC1(C)C.CC1=CN2CCC1CC2.Cc1nc(N)c2ncn(Cc3ccc(Br)cc3)c2n1.Cc1nc(N)c2ncn(Cc3ccc(C4=CN5CCC4CC5)cc3)c2n1. The van der Waals surface area contributed by atoms with Crippen LogP contribution in [0.2, 0.25) is 0 Å². The quantitative estimate of drug-likeness (QED) is 0.152. The second kappa shape index (κ2) is 20.0. The number of imidazole rings is 2. The molecule has 0 aliphatic carbocycles. The maximum atomic E-state index is 6.14. The summed E-state index contributed by atoms with van der Waals surface area (Å²) in [7, 11) is -0.131. The van der Waals surface area contributed by atoms with Crippen LogP contribution in [0.3, 0.4) is 0 Å². The molecule has 15 nitrogen and oxygen atoms in total. The number of nitrogen functional groups attached to an aromatic ring is 2. The summed E-state index contributed by atoms with van der Waals surface area (Å²) in [5, 5.41) is 0. The molecular weight excluding hydrogens is 953 g/mol. The summed E-state index contributed by atoms with van der Waals surface area (Å²) in [6.45, 7) is 23.3. The number of benzene rings is 2. The van der Waals surface area contributed by atoms with Gasteiger partial charge in [0, 0.05) is 49.9 Å². The fraction of sp³-hybridized carbons (Fsp3) is 0.481. The predicted octanol–water partition coefficient (Wildman–Crippen LogP) is 9.20. The highest BCUT2D eigenvalue weighted by Gasteiger charge is 2.54. The molecule has 0 radical (unpaired) electrons. The molecule has 0 amide bonds. The van der Waals surface area contributed by atoms with Gasteiger partial charge in [0.2, 0.25) is 0 Å². The number of halogens is 1. The van der Waals surface area contributed by atoms with E-state index in [1.165, 1.54) is 106 Å². The number of rotatable bonds is 6. The number of piperidine rings is 3. The minimum Gasteiger partial charge on any atom is -0.400 e. The van der Waals surface area contributed by atoms with Crippen LogP contribution in [0.15, 0.2) is 95.3 Å². The molecule has 10 aliphatic rings. The molecule has 0 saturated carbocycles. The molecule has 372 valence electrons. The van der Waals surface area contributed by atoms with Gasteiger partial charge in [-0.2, -0.15) is 0 Å². The number of hydrogen-bond donors (Lipinski definition) is 2. The fourth-order valence-corrected chi connectivity index (χ4v) is 11.2. The van der Waals surface area contributed by atoms with E-state index < -0.39 is 0 Å². The van der Waals surface area contributed by atoms with Gasteiger partial charge < -0.3 is 44.6 Å². The average Bonchev–Trinajstić information content (AvgIpc) is 4.03. The highest BCUT2D eigenvalue weighted by Crippen LogP contribution is 2.43. The Hall–Kier alpha value is -5.78. The third-order valence-electron chi connectivity index (χ3n) is 15.8. The molecule has 2 aromatic carbocycles. The second-order valence-corrected chi connectivity index (χ2v) is 22.2. The topological polar surface area (TPSA) is 167 Å². The summed E-state index contributed by atoms with van der Waals surface area (Å²) in [5.41, 5.74) is 22.5. The molecular formula is C54H69BBrN13O2. The smallest absolute Gasteiger partial charge is 0.400 e. The van der Waals surface area contributed by atoms with Crippen molar-refractivity contribution in [1.82, 2.24) is 53.7 Å². The first kappa shape index (κ1) is 48.8. The van der Waals surface area contributed by atoms with Crippen LogP contribution in [0.4, 0.5) is 11.6 Å². The summed E-state index contributed by atoms with van der Waals surface area (Å²) in [6.07, 6.45) is 18.4. The van der Waals surface area contributed by atoms with E-state index in [2.05, 4.69) is 150 Å². The van der Waals surface area contributed by atoms with E-state index in [0.29, 0.717) is 46.8 Å². The molecule has 0 spiro atoms. The van der Waals surface area contributed by atoms with Crippen molar-refractivity contribution in [2.75, 3.05) is 50.7 Å². The minimum atomic E-state index is -0.218. The maximum Gasteiger partial charge on any atom is 0.492 e. The van der Waals surface area contributed by atoms with Crippen LogP contribution >= 0.6 is 15.9 Å². The molecule has 4 N–H and O–H groups in total. The van der Waals surface area contributed by atoms with E-state index in [-0.39, 0.29) is 18.3 Å².